The Kier molecular flexibility index (Phi) is 7.95. The van der Waals surface area contributed by atoms with E-state index in [2.05, 4.69) is 59.7 Å². The molecule has 1 aliphatic heterocycles. The van der Waals surface area contributed by atoms with Gasteiger partial charge in [-0.1, -0.05) is 53.7 Å². The third-order valence-corrected chi connectivity index (χ3v) is 6.49. The monoisotopic (exact) mass is 479 g/mol. The van der Waals surface area contributed by atoms with E-state index in [9.17, 15) is 4.79 Å². The molecule has 6 nitrogen and oxygen atoms in total. The van der Waals surface area contributed by atoms with Crippen LogP contribution in [-0.2, 0) is 17.4 Å². The third kappa shape index (κ3) is 6.04. The zero-order valence-electron chi connectivity index (χ0n) is 22.4. The number of ketones is 1. The first-order valence-corrected chi connectivity index (χ1v) is 12.4. The zero-order valence-corrected chi connectivity index (χ0v) is 22.4. The van der Waals surface area contributed by atoms with Gasteiger partial charge in [0.2, 0.25) is 0 Å². The van der Waals surface area contributed by atoms with Gasteiger partial charge in [0, 0.05) is 23.2 Å². The minimum atomic E-state index is -0.239. The predicted octanol–water partition coefficient (Wildman–Crippen LogP) is 5.43. The van der Waals surface area contributed by atoms with Crippen LogP contribution in [0.25, 0.3) is 0 Å². The van der Waals surface area contributed by atoms with Crippen LogP contribution < -0.4 is 15.2 Å². The minimum Gasteiger partial charge on any atom is -0.493 e. The zero-order chi connectivity index (χ0) is 26.0. The maximum absolute atomic E-state index is 13.5. The van der Waals surface area contributed by atoms with Gasteiger partial charge in [-0.2, -0.15) is 0 Å². The summed E-state index contributed by atoms with van der Waals surface area (Å²) in [7, 11) is 1.63. The smallest absolute Gasteiger partial charge is 0.182 e. The maximum Gasteiger partial charge on any atom is 0.182 e. The van der Waals surface area contributed by atoms with Crippen LogP contribution in [0.2, 0.25) is 0 Å². The van der Waals surface area contributed by atoms with Gasteiger partial charge in [0.1, 0.15) is 5.84 Å². The van der Waals surface area contributed by atoms with Crippen LogP contribution in [-0.4, -0.2) is 43.3 Å². The number of nitrogens with two attached hydrogens (primary N) is 1. The summed E-state index contributed by atoms with van der Waals surface area (Å²) in [5.41, 5.74) is 10.1. The number of methoxy groups -OCH3 is 1. The second-order valence-electron chi connectivity index (χ2n) is 11.4. The quantitative estimate of drug-likeness (QED) is 0.370. The molecule has 0 saturated carbocycles. The number of benzene rings is 2. The number of nitrogens with one attached hydrogen (secondary N) is 1. The number of carbonyl (C=O) groups is 1. The Balaban J connectivity index is 1.87. The number of carbonyl (C=O) groups excluding carboxylic acids is 1. The van der Waals surface area contributed by atoms with Gasteiger partial charge < -0.3 is 20.1 Å². The lowest BCUT2D eigenvalue weighted by molar-refractivity contribution is 0.0962. The van der Waals surface area contributed by atoms with Crippen LogP contribution in [0.5, 0.6) is 11.5 Å². The lowest BCUT2D eigenvalue weighted by Gasteiger charge is -2.25. The first kappa shape index (κ1) is 26.7. The van der Waals surface area contributed by atoms with Crippen LogP contribution in [0.15, 0.2) is 30.3 Å². The van der Waals surface area contributed by atoms with Crippen molar-refractivity contribution in [2.45, 2.75) is 71.8 Å². The van der Waals surface area contributed by atoms with Crippen LogP contribution >= 0.6 is 0 Å². The average Bonchev–Trinajstić information content (AvgIpc) is 3.09. The van der Waals surface area contributed by atoms with Crippen molar-refractivity contribution in [2.75, 3.05) is 26.8 Å². The Hall–Kier alpha value is -2.86. The van der Waals surface area contributed by atoms with Gasteiger partial charge >= 0.3 is 0 Å². The second kappa shape index (κ2) is 10.4. The molecule has 0 saturated heterocycles. The molecule has 3 N–H and O–H groups in total. The average molecular weight is 480 g/mol. The molecule has 1 aliphatic rings. The van der Waals surface area contributed by atoms with E-state index in [0.29, 0.717) is 42.6 Å². The molecular formula is C29H41N3O3. The Morgan fingerprint density at radius 3 is 2.37 bits per heavy atom. The maximum atomic E-state index is 13.5. The Morgan fingerprint density at radius 1 is 1.06 bits per heavy atom. The fourth-order valence-electron chi connectivity index (χ4n) is 4.32. The highest BCUT2D eigenvalue weighted by atomic mass is 16.5. The molecule has 0 spiro atoms. The van der Waals surface area contributed by atoms with E-state index >= 15 is 0 Å². The van der Waals surface area contributed by atoms with Crippen molar-refractivity contribution < 1.29 is 14.3 Å². The second-order valence-corrected chi connectivity index (χ2v) is 11.4. The largest absolute Gasteiger partial charge is 0.493 e. The number of hydrogen-bond acceptors (Lipinski definition) is 5. The molecule has 0 bridgehead atoms. The van der Waals surface area contributed by atoms with E-state index in [-0.39, 0.29) is 23.2 Å². The molecule has 0 aliphatic carbocycles. The lowest BCUT2D eigenvalue weighted by atomic mass is 9.84. The molecule has 0 unspecified atom stereocenters. The van der Waals surface area contributed by atoms with Crippen molar-refractivity contribution in [3.05, 3.63) is 58.1 Å². The standard InChI is InChI=1S/C29H41N3O3/c1-28(2,3)21-11-10-19-17-32(27(31)22(19)16-21)18-24(33)20-14-23(29(4,5)6)26(34-7)25(15-20)35-13-9-8-12-30/h10-11,14-16,31H,8-9,12-13,17-18,30H2,1-7H3. The van der Waals surface area contributed by atoms with E-state index in [1.165, 1.54) is 5.56 Å². The molecule has 35 heavy (non-hydrogen) atoms. The fraction of sp³-hybridized carbons (Fsp3) is 0.517. The van der Waals surface area contributed by atoms with E-state index in [0.717, 1.165) is 29.5 Å². The molecule has 0 fully saturated rings. The van der Waals surface area contributed by atoms with E-state index in [4.69, 9.17) is 20.6 Å². The van der Waals surface area contributed by atoms with Crippen molar-refractivity contribution >= 4 is 11.6 Å². The number of nitrogens with zero attached hydrogens (tertiary/aromatic N) is 1. The van der Waals surface area contributed by atoms with Crippen molar-refractivity contribution in [1.82, 2.24) is 4.90 Å². The van der Waals surface area contributed by atoms with Gasteiger partial charge in [0.25, 0.3) is 0 Å². The molecule has 2 aromatic rings. The van der Waals surface area contributed by atoms with E-state index in [1.54, 1.807) is 13.2 Å². The summed E-state index contributed by atoms with van der Waals surface area (Å²) in [6.07, 6.45) is 1.71. The van der Waals surface area contributed by atoms with Gasteiger partial charge in [-0.25, -0.2) is 0 Å². The Labute approximate surface area is 210 Å². The summed E-state index contributed by atoms with van der Waals surface area (Å²) in [6, 6.07) is 10.0. The van der Waals surface area contributed by atoms with Crippen molar-refractivity contribution in [1.29, 1.82) is 5.41 Å². The molecule has 0 atom stereocenters. The van der Waals surface area contributed by atoms with Crippen LogP contribution in [0.3, 0.4) is 0 Å². The summed E-state index contributed by atoms with van der Waals surface area (Å²) in [5.74, 6) is 1.61. The van der Waals surface area contributed by atoms with Crippen molar-refractivity contribution in [3.63, 3.8) is 0 Å². The van der Waals surface area contributed by atoms with Crippen molar-refractivity contribution in [2.24, 2.45) is 5.73 Å². The SMILES string of the molecule is COc1c(OCCCCN)cc(C(=O)CN2Cc3ccc(C(C)(C)C)cc3C2=N)cc1C(C)(C)C. The van der Waals surface area contributed by atoms with Gasteiger partial charge in [-0.3, -0.25) is 10.2 Å². The van der Waals surface area contributed by atoms with Gasteiger partial charge in [0.15, 0.2) is 17.3 Å². The number of fused-ring (bicyclic) bond motifs is 1. The predicted molar refractivity (Wildman–Crippen MR) is 142 cm³/mol. The molecule has 0 radical (unpaired) electrons. The molecule has 6 heteroatoms. The first-order chi connectivity index (χ1) is 16.4. The first-order valence-electron chi connectivity index (χ1n) is 12.4. The third-order valence-electron chi connectivity index (χ3n) is 6.49. The molecule has 0 amide bonds. The van der Waals surface area contributed by atoms with E-state index < -0.39 is 0 Å². The highest BCUT2D eigenvalue weighted by Crippen LogP contribution is 2.40. The van der Waals surface area contributed by atoms with Crippen LogP contribution in [0.1, 0.15) is 87.0 Å². The van der Waals surface area contributed by atoms with Gasteiger partial charge in [-0.15, -0.1) is 0 Å². The summed E-state index contributed by atoms with van der Waals surface area (Å²) < 4.78 is 11.8. The number of Topliss-reactive ketones (excluding diaryl/α,β-unsaturated/α-hetero) is 1. The summed E-state index contributed by atoms with van der Waals surface area (Å²) in [6.45, 7) is 14.6. The van der Waals surface area contributed by atoms with Crippen molar-refractivity contribution in [3.8, 4) is 11.5 Å². The fourth-order valence-corrected chi connectivity index (χ4v) is 4.32. The topological polar surface area (TPSA) is 88.6 Å². The number of unbranched alkanes of at least 4 members (excludes halogenated alkanes) is 1. The summed E-state index contributed by atoms with van der Waals surface area (Å²) in [4.78, 5) is 15.3. The van der Waals surface area contributed by atoms with E-state index in [1.807, 2.05) is 11.0 Å². The minimum absolute atomic E-state index is 0.00551. The van der Waals surface area contributed by atoms with Gasteiger partial charge in [-0.05, 0) is 59.5 Å². The molecule has 190 valence electrons. The lowest BCUT2D eigenvalue weighted by Crippen LogP contribution is -2.30. The number of hydrogen-bond donors (Lipinski definition) is 2. The highest BCUT2D eigenvalue weighted by Gasteiger charge is 2.30. The van der Waals surface area contributed by atoms with Gasteiger partial charge in [0.05, 0.1) is 20.3 Å². The molecule has 2 aromatic carbocycles. The number of ether oxygens (including phenoxy) is 2. The summed E-state index contributed by atoms with van der Waals surface area (Å²) >= 11 is 0. The molecule has 0 aromatic heterocycles. The molecule has 3 rings (SSSR count). The molecular weight excluding hydrogens is 438 g/mol. The summed E-state index contributed by atoms with van der Waals surface area (Å²) in [5, 5.41) is 8.74. The Bertz CT molecular complexity index is 1090. The van der Waals surface area contributed by atoms with Crippen LogP contribution in [0, 0.1) is 5.41 Å². The Morgan fingerprint density at radius 2 is 1.77 bits per heavy atom. The number of rotatable bonds is 9. The number of amidine groups is 1. The van der Waals surface area contributed by atoms with Crippen LogP contribution in [0.4, 0.5) is 0 Å². The molecule has 1 heterocycles. The highest BCUT2D eigenvalue weighted by molar-refractivity contribution is 6.05. The normalized spacial score (nSPS) is 13.7.